The molecule has 2 N–H and O–H groups in total. The smallest absolute Gasteiger partial charge is 0.306 e. The number of aliphatic carboxylic acids is 1. The van der Waals surface area contributed by atoms with Crippen LogP contribution >= 0.6 is 11.3 Å². The fourth-order valence-electron chi connectivity index (χ4n) is 2.77. The lowest BCUT2D eigenvalue weighted by Crippen LogP contribution is -2.29. The number of hydrogen-bond donors (Lipinski definition) is 2. The van der Waals surface area contributed by atoms with Crippen LogP contribution in [0.5, 0.6) is 0 Å². The molecule has 1 aliphatic rings. The molecular weight excluding hydrogens is 274 g/mol. The van der Waals surface area contributed by atoms with Crippen LogP contribution in [0.1, 0.15) is 30.6 Å². The predicted octanol–water partition coefficient (Wildman–Crippen LogP) is 3.06. The number of rotatable bonds is 3. The number of aromatic nitrogens is 2. The molecule has 0 bridgehead atoms. The van der Waals surface area contributed by atoms with Gasteiger partial charge in [0.05, 0.1) is 11.3 Å². The van der Waals surface area contributed by atoms with Gasteiger partial charge in [-0.05, 0) is 38.7 Å². The Labute approximate surface area is 121 Å². The van der Waals surface area contributed by atoms with E-state index >= 15 is 0 Å². The van der Waals surface area contributed by atoms with Crippen LogP contribution in [0.25, 0.3) is 10.2 Å². The molecule has 0 saturated heterocycles. The van der Waals surface area contributed by atoms with E-state index in [2.05, 4.69) is 28.3 Å². The van der Waals surface area contributed by atoms with Crippen molar-refractivity contribution in [3.05, 3.63) is 17.3 Å². The van der Waals surface area contributed by atoms with Crippen LogP contribution in [0.15, 0.2) is 12.4 Å². The minimum absolute atomic E-state index is 0.179. The van der Waals surface area contributed by atoms with Crippen LogP contribution < -0.4 is 5.32 Å². The molecule has 106 valence electrons. The summed E-state index contributed by atoms with van der Waals surface area (Å²) in [4.78, 5) is 21.8. The van der Waals surface area contributed by atoms with Crippen molar-refractivity contribution in [3.8, 4) is 0 Å². The van der Waals surface area contributed by atoms with Gasteiger partial charge in [0.15, 0.2) is 0 Å². The van der Waals surface area contributed by atoms with Gasteiger partial charge in [-0.15, -0.1) is 11.3 Å². The number of carboxylic acids is 1. The molecule has 20 heavy (non-hydrogen) atoms. The quantitative estimate of drug-likeness (QED) is 0.909. The zero-order chi connectivity index (χ0) is 14.1. The number of nitrogens with zero attached hydrogens (tertiary/aromatic N) is 2. The highest BCUT2D eigenvalue weighted by molar-refractivity contribution is 7.18. The van der Waals surface area contributed by atoms with Gasteiger partial charge in [-0.25, -0.2) is 9.97 Å². The van der Waals surface area contributed by atoms with Crippen LogP contribution in [0.2, 0.25) is 0 Å². The van der Waals surface area contributed by atoms with Gasteiger partial charge >= 0.3 is 5.97 Å². The molecule has 0 aliphatic heterocycles. The van der Waals surface area contributed by atoms with Crippen molar-refractivity contribution in [2.45, 2.75) is 38.6 Å². The van der Waals surface area contributed by atoms with E-state index in [0.717, 1.165) is 41.7 Å². The van der Waals surface area contributed by atoms with E-state index < -0.39 is 5.97 Å². The first-order chi connectivity index (χ1) is 9.63. The summed E-state index contributed by atoms with van der Waals surface area (Å²) in [6, 6.07) is 2.41. The maximum atomic E-state index is 11.0. The van der Waals surface area contributed by atoms with Crippen molar-refractivity contribution < 1.29 is 9.90 Å². The van der Waals surface area contributed by atoms with E-state index in [9.17, 15) is 4.79 Å². The van der Waals surface area contributed by atoms with E-state index in [1.54, 1.807) is 17.7 Å². The fraction of sp³-hybridized carbons (Fsp3) is 0.500. The molecule has 0 aromatic carbocycles. The van der Waals surface area contributed by atoms with Crippen molar-refractivity contribution in [1.82, 2.24) is 9.97 Å². The average Bonchev–Trinajstić information content (AvgIpc) is 2.81. The third-order valence-corrected chi connectivity index (χ3v) is 4.83. The van der Waals surface area contributed by atoms with Crippen LogP contribution in [-0.2, 0) is 4.79 Å². The molecule has 0 unspecified atom stereocenters. The Kier molecular flexibility index (Phi) is 3.56. The van der Waals surface area contributed by atoms with Crippen LogP contribution in [-0.4, -0.2) is 27.1 Å². The van der Waals surface area contributed by atoms with E-state index in [4.69, 9.17) is 5.11 Å². The molecule has 2 heterocycles. The fourth-order valence-corrected chi connectivity index (χ4v) is 3.62. The number of carboxylic acid groups (broad SMARTS) is 1. The van der Waals surface area contributed by atoms with Gasteiger partial charge in [-0.2, -0.15) is 0 Å². The van der Waals surface area contributed by atoms with Gasteiger partial charge < -0.3 is 10.4 Å². The summed E-state index contributed by atoms with van der Waals surface area (Å²) < 4.78 is 0. The Morgan fingerprint density at radius 1 is 1.35 bits per heavy atom. The van der Waals surface area contributed by atoms with E-state index in [0.29, 0.717) is 6.04 Å². The molecule has 0 atom stereocenters. The zero-order valence-electron chi connectivity index (χ0n) is 11.3. The second-order valence-corrected chi connectivity index (χ2v) is 6.56. The molecule has 1 fully saturated rings. The molecular formula is C14H17N3O2S. The van der Waals surface area contributed by atoms with Gasteiger partial charge in [-0.3, -0.25) is 4.79 Å². The summed E-state index contributed by atoms with van der Waals surface area (Å²) in [6.45, 7) is 2.06. The van der Waals surface area contributed by atoms with E-state index in [1.165, 1.54) is 4.88 Å². The number of nitrogens with one attached hydrogen (secondary N) is 1. The topological polar surface area (TPSA) is 75.1 Å². The molecule has 5 nitrogen and oxygen atoms in total. The van der Waals surface area contributed by atoms with Crippen molar-refractivity contribution >= 4 is 33.3 Å². The Bertz CT molecular complexity index is 632. The highest BCUT2D eigenvalue weighted by Crippen LogP contribution is 2.31. The van der Waals surface area contributed by atoms with Gasteiger partial charge in [0.25, 0.3) is 0 Å². The third-order valence-electron chi connectivity index (χ3n) is 3.87. The van der Waals surface area contributed by atoms with Crippen molar-refractivity contribution in [2.24, 2.45) is 5.92 Å². The summed E-state index contributed by atoms with van der Waals surface area (Å²) in [6.07, 6.45) is 4.83. The molecule has 6 heteroatoms. The minimum atomic E-state index is -0.665. The summed E-state index contributed by atoms with van der Waals surface area (Å²) in [7, 11) is 0. The third kappa shape index (κ3) is 2.60. The maximum Gasteiger partial charge on any atom is 0.306 e. The largest absolute Gasteiger partial charge is 0.481 e. The lowest BCUT2D eigenvalue weighted by atomic mass is 9.86. The summed E-state index contributed by atoms with van der Waals surface area (Å²) in [5.74, 6) is 0.0290. The maximum absolute atomic E-state index is 11.0. The Morgan fingerprint density at radius 3 is 2.80 bits per heavy atom. The minimum Gasteiger partial charge on any atom is -0.481 e. The highest BCUT2D eigenvalue weighted by Gasteiger charge is 2.26. The molecule has 3 rings (SSSR count). The lowest BCUT2D eigenvalue weighted by Gasteiger charge is -2.27. The Morgan fingerprint density at radius 2 is 2.10 bits per heavy atom. The number of thiophene rings is 1. The molecule has 2 aromatic heterocycles. The van der Waals surface area contributed by atoms with Gasteiger partial charge in [0.2, 0.25) is 0 Å². The monoisotopic (exact) mass is 291 g/mol. The predicted molar refractivity (Wildman–Crippen MR) is 79.2 cm³/mol. The molecule has 0 radical (unpaired) electrons. The van der Waals surface area contributed by atoms with Crippen molar-refractivity contribution in [3.63, 3.8) is 0 Å². The zero-order valence-corrected chi connectivity index (χ0v) is 12.1. The molecule has 0 amide bonds. The first kappa shape index (κ1) is 13.3. The average molecular weight is 291 g/mol. The Hall–Kier alpha value is -1.69. The second-order valence-electron chi connectivity index (χ2n) is 5.33. The number of hydrogen-bond acceptors (Lipinski definition) is 5. The van der Waals surface area contributed by atoms with Crippen LogP contribution in [0.4, 0.5) is 5.82 Å². The Balaban J connectivity index is 1.73. The van der Waals surface area contributed by atoms with Crippen molar-refractivity contribution in [1.29, 1.82) is 0 Å². The molecule has 2 aromatic rings. The van der Waals surface area contributed by atoms with E-state index in [-0.39, 0.29) is 5.92 Å². The number of aryl methyl sites for hydroxylation is 1. The summed E-state index contributed by atoms with van der Waals surface area (Å²) in [5, 5.41) is 13.5. The van der Waals surface area contributed by atoms with E-state index in [1.807, 2.05) is 0 Å². The summed E-state index contributed by atoms with van der Waals surface area (Å²) >= 11 is 1.66. The number of anilines is 1. The van der Waals surface area contributed by atoms with Gasteiger partial charge in [0, 0.05) is 10.9 Å². The van der Waals surface area contributed by atoms with Crippen molar-refractivity contribution in [2.75, 3.05) is 5.32 Å². The lowest BCUT2D eigenvalue weighted by molar-refractivity contribution is -0.142. The first-order valence-electron chi connectivity index (χ1n) is 6.84. The summed E-state index contributed by atoms with van der Waals surface area (Å²) in [5.41, 5.74) is 0. The molecule has 1 saturated carbocycles. The first-order valence-corrected chi connectivity index (χ1v) is 7.65. The standard InChI is InChI=1S/C14H17N3O2S/c1-8-6-11-12(15-7-16-13(11)20-8)17-10-4-2-9(3-5-10)14(18)19/h6-7,9-10H,2-5H2,1H3,(H,18,19)(H,15,16,17). The van der Waals surface area contributed by atoms with Crippen LogP contribution in [0, 0.1) is 12.8 Å². The van der Waals surface area contributed by atoms with Crippen LogP contribution in [0.3, 0.4) is 0 Å². The SMILES string of the molecule is Cc1cc2c(NC3CCC(C(=O)O)CC3)ncnc2s1. The normalized spacial score (nSPS) is 22.9. The second kappa shape index (κ2) is 5.36. The highest BCUT2D eigenvalue weighted by atomic mass is 32.1. The number of carbonyl (C=O) groups is 1. The number of fused-ring (bicyclic) bond motifs is 1. The molecule has 1 aliphatic carbocycles. The molecule has 0 spiro atoms. The van der Waals surface area contributed by atoms with Gasteiger partial charge in [-0.1, -0.05) is 0 Å². The van der Waals surface area contributed by atoms with Gasteiger partial charge in [0.1, 0.15) is 17.0 Å².